The summed E-state index contributed by atoms with van der Waals surface area (Å²) in [7, 11) is 0. The molecule has 1 aliphatic rings. The van der Waals surface area contributed by atoms with Crippen LogP contribution in [0.5, 0.6) is 0 Å². The summed E-state index contributed by atoms with van der Waals surface area (Å²) in [5.41, 5.74) is 2.25. The minimum atomic E-state index is -0.177. The molecule has 2 rings (SSSR count). The molecule has 1 aromatic heterocycles. The van der Waals surface area contributed by atoms with Crippen LogP contribution in [0.4, 0.5) is 5.82 Å². The van der Waals surface area contributed by atoms with Crippen molar-refractivity contribution in [2.75, 3.05) is 5.32 Å². The Morgan fingerprint density at radius 1 is 1.22 bits per heavy atom. The van der Waals surface area contributed by atoms with Crippen LogP contribution >= 0.6 is 0 Å². The standard InChI is InChI=1S/C13H18N4O/c1-8-9(2)16-17-13(12(8)7-14)15-10-3-5-11(18)6-4-10/h10-11,18H,3-6H2,1-2H3,(H,15,17). The summed E-state index contributed by atoms with van der Waals surface area (Å²) >= 11 is 0. The molecular formula is C13H18N4O. The third kappa shape index (κ3) is 2.59. The maximum atomic E-state index is 9.47. The van der Waals surface area contributed by atoms with E-state index in [4.69, 9.17) is 0 Å². The molecule has 0 unspecified atom stereocenters. The number of anilines is 1. The predicted molar refractivity (Wildman–Crippen MR) is 68.1 cm³/mol. The molecule has 0 amide bonds. The second-order valence-corrected chi connectivity index (χ2v) is 4.90. The van der Waals surface area contributed by atoms with Crippen molar-refractivity contribution in [3.05, 3.63) is 16.8 Å². The Kier molecular flexibility index (Phi) is 3.78. The largest absolute Gasteiger partial charge is 0.393 e. The smallest absolute Gasteiger partial charge is 0.167 e. The average Bonchev–Trinajstić information content (AvgIpc) is 2.37. The average molecular weight is 246 g/mol. The van der Waals surface area contributed by atoms with E-state index in [0.29, 0.717) is 11.4 Å². The van der Waals surface area contributed by atoms with Crippen LogP contribution in [0.1, 0.15) is 42.5 Å². The molecule has 1 saturated carbocycles. The highest BCUT2D eigenvalue weighted by atomic mass is 16.3. The first-order valence-corrected chi connectivity index (χ1v) is 6.30. The minimum absolute atomic E-state index is 0.177. The zero-order chi connectivity index (χ0) is 13.1. The first-order chi connectivity index (χ1) is 8.61. The molecular weight excluding hydrogens is 228 g/mol. The Morgan fingerprint density at radius 2 is 1.89 bits per heavy atom. The van der Waals surface area contributed by atoms with Crippen LogP contribution in [0.2, 0.25) is 0 Å². The van der Waals surface area contributed by atoms with Crippen LogP contribution in [-0.2, 0) is 0 Å². The number of aliphatic hydroxyl groups is 1. The molecule has 1 heterocycles. The van der Waals surface area contributed by atoms with Gasteiger partial charge < -0.3 is 10.4 Å². The Balaban J connectivity index is 2.15. The maximum absolute atomic E-state index is 9.47. The van der Waals surface area contributed by atoms with Crippen molar-refractivity contribution in [1.82, 2.24) is 10.2 Å². The molecule has 1 aliphatic carbocycles. The van der Waals surface area contributed by atoms with Gasteiger partial charge in [0.05, 0.1) is 11.8 Å². The lowest BCUT2D eigenvalue weighted by molar-refractivity contribution is 0.126. The van der Waals surface area contributed by atoms with Gasteiger partial charge in [0.2, 0.25) is 0 Å². The second-order valence-electron chi connectivity index (χ2n) is 4.90. The van der Waals surface area contributed by atoms with Crippen molar-refractivity contribution in [3.63, 3.8) is 0 Å². The number of nitrogens with one attached hydrogen (secondary N) is 1. The fourth-order valence-electron chi connectivity index (χ4n) is 2.26. The SMILES string of the molecule is Cc1nnc(NC2CCC(O)CC2)c(C#N)c1C. The van der Waals surface area contributed by atoms with Crippen LogP contribution in [0.3, 0.4) is 0 Å². The summed E-state index contributed by atoms with van der Waals surface area (Å²) < 4.78 is 0. The molecule has 1 fully saturated rings. The molecule has 1 aromatic rings. The number of aromatic nitrogens is 2. The van der Waals surface area contributed by atoms with Gasteiger partial charge in [-0.3, -0.25) is 0 Å². The monoisotopic (exact) mass is 246 g/mol. The van der Waals surface area contributed by atoms with Gasteiger partial charge in [0.1, 0.15) is 11.6 Å². The molecule has 0 spiro atoms. The van der Waals surface area contributed by atoms with E-state index in [1.165, 1.54) is 0 Å². The number of aliphatic hydroxyl groups excluding tert-OH is 1. The predicted octanol–water partition coefficient (Wildman–Crippen LogP) is 1.68. The zero-order valence-electron chi connectivity index (χ0n) is 10.8. The van der Waals surface area contributed by atoms with E-state index in [2.05, 4.69) is 21.6 Å². The van der Waals surface area contributed by atoms with E-state index in [-0.39, 0.29) is 12.1 Å². The van der Waals surface area contributed by atoms with Gasteiger partial charge in [-0.15, -0.1) is 5.10 Å². The lowest BCUT2D eigenvalue weighted by Gasteiger charge is -2.26. The summed E-state index contributed by atoms with van der Waals surface area (Å²) in [5.74, 6) is 0.571. The van der Waals surface area contributed by atoms with E-state index in [9.17, 15) is 10.4 Å². The van der Waals surface area contributed by atoms with E-state index in [1.807, 2.05) is 13.8 Å². The van der Waals surface area contributed by atoms with Gasteiger partial charge in [-0.25, -0.2) is 0 Å². The van der Waals surface area contributed by atoms with Gasteiger partial charge in [-0.2, -0.15) is 10.4 Å². The molecule has 5 nitrogen and oxygen atoms in total. The normalized spacial score (nSPS) is 23.4. The Morgan fingerprint density at radius 3 is 2.50 bits per heavy atom. The second kappa shape index (κ2) is 5.32. The van der Waals surface area contributed by atoms with Gasteiger partial charge in [-0.05, 0) is 45.1 Å². The first kappa shape index (κ1) is 12.8. The number of aryl methyl sites for hydroxylation is 1. The van der Waals surface area contributed by atoms with Crippen molar-refractivity contribution in [3.8, 4) is 6.07 Å². The van der Waals surface area contributed by atoms with E-state index in [0.717, 1.165) is 36.9 Å². The Labute approximate surface area is 107 Å². The van der Waals surface area contributed by atoms with Gasteiger partial charge in [0.25, 0.3) is 0 Å². The summed E-state index contributed by atoms with van der Waals surface area (Å²) in [6.45, 7) is 3.74. The fourth-order valence-corrected chi connectivity index (χ4v) is 2.26. The number of rotatable bonds is 2. The molecule has 18 heavy (non-hydrogen) atoms. The lowest BCUT2D eigenvalue weighted by atomic mass is 9.93. The maximum Gasteiger partial charge on any atom is 0.167 e. The third-order valence-electron chi connectivity index (χ3n) is 3.60. The van der Waals surface area contributed by atoms with E-state index < -0.39 is 0 Å². The van der Waals surface area contributed by atoms with Crippen molar-refractivity contribution in [2.24, 2.45) is 0 Å². The highest BCUT2D eigenvalue weighted by Gasteiger charge is 2.21. The van der Waals surface area contributed by atoms with Crippen LogP contribution < -0.4 is 5.32 Å². The Hall–Kier alpha value is -1.67. The highest BCUT2D eigenvalue weighted by Crippen LogP contribution is 2.24. The lowest BCUT2D eigenvalue weighted by Crippen LogP contribution is -2.29. The third-order valence-corrected chi connectivity index (χ3v) is 3.60. The van der Waals surface area contributed by atoms with Gasteiger partial charge in [0, 0.05) is 6.04 Å². The number of hydrogen-bond acceptors (Lipinski definition) is 5. The van der Waals surface area contributed by atoms with Crippen molar-refractivity contribution in [2.45, 2.75) is 51.7 Å². The highest BCUT2D eigenvalue weighted by molar-refractivity contribution is 5.56. The topological polar surface area (TPSA) is 81.8 Å². The van der Waals surface area contributed by atoms with Crippen LogP contribution in [-0.4, -0.2) is 27.4 Å². The summed E-state index contributed by atoms with van der Waals surface area (Å²) in [4.78, 5) is 0. The van der Waals surface area contributed by atoms with Crippen molar-refractivity contribution in [1.29, 1.82) is 5.26 Å². The van der Waals surface area contributed by atoms with Gasteiger partial charge >= 0.3 is 0 Å². The van der Waals surface area contributed by atoms with Crippen LogP contribution in [0.25, 0.3) is 0 Å². The van der Waals surface area contributed by atoms with Crippen molar-refractivity contribution >= 4 is 5.82 Å². The molecule has 0 radical (unpaired) electrons. The molecule has 0 saturated heterocycles. The van der Waals surface area contributed by atoms with Crippen LogP contribution in [0.15, 0.2) is 0 Å². The molecule has 2 N–H and O–H groups in total. The number of nitrogens with zero attached hydrogens (tertiary/aromatic N) is 3. The summed E-state index contributed by atoms with van der Waals surface area (Å²) in [6, 6.07) is 2.46. The molecule has 0 atom stereocenters. The number of hydrogen-bond donors (Lipinski definition) is 2. The molecule has 0 aromatic carbocycles. The Bertz CT molecular complexity index is 473. The summed E-state index contributed by atoms with van der Waals surface area (Å²) in [5, 5.41) is 30.1. The summed E-state index contributed by atoms with van der Waals surface area (Å²) in [6.07, 6.45) is 3.24. The molecule has 0 bridgehead atoms. The first-order valence-electron chi connectivity index (χ1n) is 6.30. The zero-order valence-corrected chi connectivity index (χ0v) is 10.8. The molecule has 0 aliphatic heterocycles. The molecule has 96 valence electrons. The van der Waals surface area contributed by atoms with Crippen molar-refractivity contribution < 1.29 is 5.11 Å². The quantitative estimate of drug-likeness (QED) is 0.829. The molecule has 5 heteroatoms. The van der Waals surface area contributed by atoms with E-state index in [1.54, 1.807) is 0 Å². The minimum Gasteiger partial charge on any atom is -0.393 e. The van der Waals surface area contributed by atoms with E-state index >= 15 is 0 Å². The van der Waals surface area contributed by atoms with Crippen LogP contribution in [0, 0.1) is 25.2 Å². The van der Waals surface area contributed by atoms with Gasteiger partial charge in [-0.1, -0.05) is 0 Å². The van der Waals surface area contributed by atoms with Gasteiger partial charge in [0.15, 0.2) is 5.82 Å². The fraction of sp³-hybridized carbons (Fsp3) is 0.615. The number of nitriles is 1.